The lowest BCUT2D eigenvalue weighted by Crippen LogP contribution is -2.32. The summed E-state index contributed by atoms with van der Waals surface area (Å²) >= 11 is 1.61. The minimum Gasteiger partial charge on any atom is -0.390 e. The number of benzene rings is 1. The third-order valence-electron chi connectivity index (χ3n) is 3.83. The first-order valence-electron chi connectivity index (χ1n) is 7.57. The Labute approximate surface area is 129 Å². The molecule has 2 atom stereocenters. The van der Waals surface area contributed by atoms with Crippen molar-refractivity contribution in [2.75, 3.05) is 6.61 Å². The zero-order valence-corrected chi connectivity index (χ0v) is 13.1. The molecule has 21 heavy (non-hydrogen) atoms. The highest BCUT2D eigenvalue weighted by Crippen LogP contribution is 2.36. The van der Waals surface area contributed by atoms with Crippen LogP contribution < -0.4 is 0 Å². The molecule has 1 aromatic heterocycles. The summed E-state index contributed by atoms with van der Waals surface area (Å²) in [5, 5.41) is 13.5. The first-order valence-corrected chi connectivity index (χ1v) is 8.45. The van der Waals surface area contributed by atoms with Crippen LogP contribution in [0.2, 0.25) is 0 Å². The van der Waals surface area contributed by atoms with E-state index in [1.54, 1.807) is 11.3 Å². The molecule has 1 aliphatic rings. The first-order chi connectivity index (χ1) is 10.3. The van der Waals surface area contributed by atoms with Gasteiger partial charge in [0.15, 0.2) is 0 Å². The number of hydrogen-bond donors (Lipinski definition) is 1. The second kappa shape index (κ2) is 6.69. The summed E-state index contributed by atoms with van der Waals surface area (Å²) in [6.45, 7) is 2.64. The number of nitrogens with zero attached hydrogens (tertiary/aromatic N) is 1. The second-order valence-electron chi connectivity index (χ2n) is 5.52. The van der Waals surface area contributed by atoms with Gasteiger partial charge in [-0.15, -0.1) is 11.3 Å². The fourth-order valence-corrected chi connectivity index (χ4v) is 3.47. The highest BCUT2D eigenvalue weighted by molar-refractivity contribution is 7.09. The van der Waals surface area contributed by atoms with Crippen LogP contribution >= 0.6 is 11.3 Å². The monoisotopic (exact) mass is 303 g/mol. The quantitative estimate of drug-likeness (QED) is 0.851. The predicted molar refractivity (Wildman–Crippen MR) is 85.4 cm³/mol. The SMILES string of the molecule is CCOC(C(O)Cc1nc(-c2ccccc2)cs1)C1CC1. The second-order valence-corrected chi connectivity index (χ2v) is 6.46. The van der Waals surface area contributed by atoms with Crippen molar-refractivity contribution in [2.45, 2.75) is 38.4 Å². The average molecular weight is 303 g/mol. The molecule has 4 heteroatoms. The fraction of sp³-hybridized carbons (Fsp3) is 0.471. The van der Waals surface area contributed by atoms with Gasteiger partial charge in [-0.2, -0.15) is 0 Å². The number of aliphatic hydroxyl groups excluding tert-OH is 1. The van der Waals surface area contributed by atoms with E-state index in [0.717, 1.165) is 16.3 Å². The van der Waals surface area contributed by atoms with E-state index in [0.29, 0.717) is 18.9 Å². The van der Waals surface area contributed by atoms with Gasteiger partial charge in [-0.1, -0.05) is 30.3 Å². The molecule has 1 heterocycles. The van der Waals surface area contributed by atoms with Crippen LogP contribution in [0, 0.1) is 5.92 Å². The zero-order chi connectivity index (χ0) is 14.7. The van der Waals surface area contributed by atoms with Crippen molar-refractivity contribution < 1.29 is 9.84 Å². The Morgan fingerprint density at radius 1 is 1.33 bits per heavy atom. The van der Waals surface area contributed by atoms with Gasteiger partial charge in [0, 0.05) is 24.0 Å². The fourth-order valence-electron chi connectivity index (χ4n) is 2.62. The lowest BCUT2D eigenvalue weighted by Gasteiger charge is -2.21. The van der Waals surface area contributed by atoms with Gasteiger partial charge in [-0.25, -0.2) is 4.98 Å². The normalized spacial score (nSPS) is 17.6. The van der Waals surface area contributed by atoms with E-state index in [4.69, 9.17) is 4.74 Å². The Kier molecular flexibility index (Phi) is 4.68. The molecule has 1 aliphatic carbocycles. The molecule has 3 rings (SSSR count). The van der Waals surface area contributed by atoms with Gasteiger partial charge in [0.2, 0.25) is 0 Å². The molecule has 3 nitrogen and oxygen atoms in total. The van der Waals surface area contributed by atoms with Crippen LogP contribution in [-0.4, -0.2) is 28.9 Å². The zero-order valence-electron chi connectivity index (χ0n) is 12.2. The summed E-state index contributed by atoms with van der Waals surface area (Å²) < 4.78 is 5.72. The summed E-state index contributed by atoms with van der Waals surface area (Å²) in [4.78, 5) is 4.65. The van der Waals surface area contributed by atoms with Crippen molar-refractivity contribution in [3.63, 3.8) is 0 Å². The van der Waals surface area contributed by atoms with Gasteiger partial charge in [0.05, 0.1) is 22.9 Å². The predicted octanol–water partition coefficient (Wildman–Crippen LogP) is 3.53. The van der Waals surface area contributed by atoms with E-state index in [2.05, 4.69) is 22.5 Å². The van der Waals surface area contributed by atoms with E-state index < -0.39 is 6.10 Å². The van der Waals surface area contributed by atoms with Gasteiger partial charge >= 0.3 is 0 Å². The van der Waals surface area contributed by atoms with E-state index in [-0.39, 0.29) is 6.10 Å². The lowest BCUT2D eigenvalue weighted by molar-refractivity contribution is -0.0439. The topological polar surface area (TPSA) is 42.4 Å². The maximum absolute atomic E-state index is 10.4. The molecule has 0 bridgehead atoms. The molecule has 0 amide bonds. The Hall–Kier alpha value is -1.23. The minimum absolute atomic E-state index is 0.0286. The van der Waals surface area contributed by atoms with Crippen LogP contribution in [0.25, 0.3) is 11.3 Å². The molecule has 1 saturated carbocycles. The Bertz CT molecular complexity index is 565. The third kappa shape index (κ3) is 3.70. The lowest BCUT2D eigenvalue weighted by atomic mass is 10.1. The summed E-state index contributed by atoms with van der Waals surface area (Å²) in [6.07, 6.45) is 2.45. The highest BCUT2D eigenvalue weighted by Gasteiger charge is 2.36. The van der Waals surface area contributed by atoms with Crippen molar-refractivity contribution in [2.24, 2.45) is 5.92 Å². The standard InChI is InChI=1S/C17H21NO2S/c1-2-20-17(13-8-9-13)15(19)10-16-18-14(11-21-16)12-6-4-3-5-7-12/h3-7,11,13,15,17,19H,2,8-10H2,1H3. The smallest absolute Gasteiger partial charge is 0.0959 e. The average Bonchev–Trinajstić information content (AvgIpc) is 3.24. The van der Waals surface area contributed by atoms with Crippen LogP contribution in [-0.2, 0) is 11.2 Å². The van der Waals surface area contributed by atoms with E-state index >= 15 is 0 Å². The third-order valence-corrected chi connectivity index (χ3v) is 4.70. The Morgan fingerprint density at radius 2 is 2.10 bits per heavy atom. The van der Waals surface area contributed by atoms with Crippen LogP contribution in [0.3, 0.4) is 0 Å². The molecule has 2 aromatic rings. The summed E-state index contributed by atoms with van der Waals surface area (Å²) in [6, 6.07) is 10.1. The number of aliphatic hydroxyl groups is 1. The Morgan fingerprint density at radius 3 is 2.76 bits per heavy atom. The maximum Gasteiger partial charge on any atom is 0.0959 e. The van der Waals surface area contributed by atoms with Gasteiger partial charge in [0.25, 0.3) is 0 Å². The van der Waals surface area contributed by atoms with Gasteiger partial charge in [0.1, 0.15) is 0 Å². The molecule has 0 radical (unpaired) electrons. The van der Waals surface area contributed by atoms with E-state index in [1.807, 2.05) is 25.1 Å². The molecule has 112 valence electrons. The number of ether oxygens (including phenoxy) is 1. The number of hydrogen-bond acceptors (Lipinski definition) is 4. The summed E-state index contributed by atoms with van der Waals surface area (Å²) in [5.41, 5.74) is 2.11. The van der Waals surface area contributed by atoms with Crippen LogP contribution in [0.5, 0.6) is 0 Å². The Balaban J connectivity index is 1.66. The molecule has 1 fully saturated rings. The van der Waals surface area contributed by atoms with Crippen LogP contribution in [0.1, 0.15) is 24.8 Å². The van der Waals surface area contributed by atoms with E-state index in [1.165, 1.54) is 12.8 Å². The number of aromatic nitrogens is 1. The summed E-state index contributed by atoms with van der Waals surface area (Å²) in [5.74, 6) is 0.536. The molecule has 1 aromatic carbocycles. The van der Waals surface area contributed by atoms with Crippen molar-refractivity contribution in [1.82, 2.24) is 4.98 Å². The first kappa shape index (κ1) is 14.7. The molecule has 0 saturated heterocycles. The number of rotatable bonds is 7. The molecular weight excluding hydrogens is 282 g/mol. The molecular formula is C17H21NO2S. The van der Waals surface area contributed by atoms with Crippen LogP contribution in [0.15, 0.2) is 35.7 Å². The number of thiazole rings is 1. The molecule has 0 aliphatic heterocycles. The van der Waals surface area contributed by atoms with Crippen molar-refractivity contribution in [3.05, 3.63) is 40.7 Å². The highest BCUT2D eigenvalue weighted by atomic mass is 32.1. The van der Waals surface area contributed by atoms with Gasteiger partial charge < -0.3 is 9.84 Å². The molecule has 2 unspecified atom stereocenters. The minimum atomic E-state index is -0.452. The molecule has 1 N–H and O–H groups in total. The van der Waals surface area contributed by atoms with Gasteiger partial charge in [-0.05, 0) is 25.7 Å². The molecule has 0 spiro atoms. The summed E-state index contributed by atoms with van der Waals surface area (Å²) in [7, 11) is 0. The van der Waals surface area contributed by atoms with Crippen molar-refractivity contribution >= 4 is 11.3 Å². The van der Waals surface area contributed by atoms with Crippen LogP contribution in [0.4, 0.5) is 0 Å². The van der Waals surface area contributed by atoms with Crippen molar-refractivity contribution in [3.8, 4) is 11.3 Å². The maximum atomic E-state index is 10.4. The van der Waals surface area contributed by atoms with E-state index in [9.17, 15) is 5.11 Å². The van der Waals surface area contributed by atoms with Crippen molar-refractivity contribution in [1.29, 1.82) is 0 Å². The largest absolute Gasteiger partial charge is 0.390 e. The van der Waals surface area contributed by atoms with Gasteiger partial charge in [-0.3, -0.25) is 0 Å².